The van der Waals surface area contributed by atoms with Crippen LogP contribution in [0.5, 0.6) is 0 Å². The van der Waals surface area contributed by atoms with Gasteiger partial charge in [0.2, 0.25) is 5.91 Å². The summed E-state index contributed by atoms with van der Waals surface area (Å²) in [5.74, 6) is -1.23. The molecule has 1 aliphatic heterocycles. The molecule has 0 spiro atoms. The second kappa shape index (κ2) is 7.52. The predicted octanol–water partition coefficient (Wildman–Crippen LogP) is 3.20. The van der Waals surface area contributed by atoms with Gasteiger partial charge >= 0.3 is 0 Å². The second-order valence-electron chi connectivity index (χ2n) is 6.57. The molecule has 27 heavy (non-hydrogen) atoms. The Kier molecular flexibility index (Phi) is 5.32. The number of hydrogen-bond donors (Lipinski definition) is 1. The maximum absolute atomic E-state index is 12.7. The van der Waals surface area contributed by atoms with Gasteiger partial charge in [-0.25, -0.2) is 12.7 Å². The van der Waals surface area contributed by atoms with Crippen LogP contribution in [0.3, 0.4) is 0 Å². The standard InChI is InChI=1S/C20H22N2O4S/c1-3-4-7-15-10-12-16(13-11-15)21-19(23)14(2)22-20(24)17-8-5-6-9-18(17)27(22,25)26/h5-6,8-14H,3-4,7H2,1-2H3,(H,21,23)/t14-/m0/s1. The molecule has 1 atom stereocenters. The van der Waals surface area contributed by atoms with Crippen molar-refractivity contribution in [3.63, 3.8) is 0 Å². The van der Waals surface area contributed by atoms with Gasteiger partial charge in [0, 0.05) is 5.69 Å². The number of hydrogen-bond acceptors (Lipinski definition) is 4. The zero-order valence-electron chi connectivity index (χ0n) is 15.3. The number of rotatable bonds is 6. The zero-order valence-corrected chi connectivity index (χ0v) is 16.1. The van der Waals surface area contributed by atoms with Crippen LogP contribution in [0.4, 0.5) is 5.69 Å². The van der Waals surface area contributed by atoms with Crippen molar-refractivity contribution in [2.45, 2.75) is 44.0 Å². The molecule has 7 heteroatoms. The average molecular weight is 386 g/mol. The van der Waals surface area contributed by atoms with Gasteiger partial charge in [0.15, 0.2) is 0 Å². The van der Waals surface area contributed by atoms with Gasteiger partial charge in [-0.1, -0.05) is 37.6 Å². The molecule has 2 aromatic carbocycles. The van der Waals surface area contributed by atoms with Gasteiger partial charge in [0.1, 0.15) is 10.9 Å². The van der Waals surface area contributed by atoms with Crippen LogP contribution < -0.4 is 5.32 Å². The molecule has 1 aliphatic rings. The summed E-state index contributed by atoms with van der Waals surface area (Å²) in [5.41, 5.74) is 1.83. The van der Waals surface area contributed by atoms with E-state index in [1.807, 2.05) is 12.1 Å². The summed E-state index contributed by atoms with van der Waals surface area (Å²) in [7, 11) is -4.03. The lowest BCUT2D eigenvalue weighted by atomic mass is 10.1. The van der Waals surface area contributed by atoms with Crippen LogP contribution in [0.25, 0.3) is 0 Å². The van der Waals surface area contributed by atoms with Gasteiger partial charge in [0.05, 0.1) is 5.56 Å². The topological polar surface area (TPSA) is 83.6 Å². The molecule has 0 radical (unpaired) electrons. The van der Waals surface area contributed by atoms with Crippen molar-refractivity contribution in [3.8, 4) is 0 Å². The highest BCUT2D eigenvalue weighted by molar-refractivity contribution is 7.90. The Morgan fingerprint density at radius 1 is 1.11 bits per heavy atom. The van der Waals surface area contributed by atoms with Crippen molar-refractivity contribution >= 4 is 27.5 Å². The third-order valence-electron chi connectivity index (χ3n) is 4.63. The predicted molar refractivity (Wildman–Crippen MR) is 103 cm³/mol. The van der Waals surface area contributed by atoms with E-state index in [0.717, 1.165) is 19.3 Å². The lowest BCUT2D eigenvalue weighted by Crippen LogP contribution is -2.45. The molecule has 6 nitrogen and oxygen atoms in total. The molecule has 2 amide bonds. The number of unbranched alkanes of at least 4 members (excludes halogenated alkanes) is 1. The van der Waals surface area contributed by atoms with Crippen molar-refractivity contribution in [3.05, 3.63) is 59.7 Å². The van der Waals surface area contributed by atoms with E-state index in [1.165, 1.54) is 24.6 Å². The number of nitrogens with one attached hydrogen (secondary N) is 1. The van der Waals surface area contributed by atoms with Gasteiger partial charge in [0.25, 0.3) is 15.9 Å². The fraction of sp³-hybridized carbons (Fsp3) is 0.300. The summed E-state index contributed by atoms with van der Waals surface area (Å²) in [6.45, 7) is 3.54. The number of carbonyl (C=O) groups is 2. The van der Waals surface area contributed by atoms with Crippen molar-refractivity contribution in [1.29, 1.82) is 0 Å². The number of nitrogens with zero attached hydrogens (tertiary/aromatic N) is 1. The fourth-order valence-electron chi connectivity index (χ4n) is 3.07. The first-order valence-electron chi connectivity index (χ1n) is 8.94. The maximum Gasteiger partial charge on any atom is 0.269 e. The van der Waals surface area contributed by atoms with E-state index in [2.05, 4.69) is 12.2 Å². The minimum absolute atomic E-state index is 0.0603. The summed E-state index contributed by atoms with van der Waals surface area (Å²) in [5, 5.41) is 2.69. The Bertz CT molecular complexity index is 968. The molecular weight excluding hydrogens is 364 g/mol. The Hall–Kier alpha value is -2.67. The molecule has 3 rings (SSSR count). The maximum atomic E-state index is 12.7. The highest BCUT2D eigenvalue weighted by Crippen LogP contribution is 2.31. The third-order valence-corrected chi connectivity index (χ3v) is 6.54. The number of sulfonamides is 1. The Balaban J connectivity index is 1.75. The summed E-state index contributed by atoms with van der Waals surface area (Å²) < 4.78 is 26.0. The minimum atomic E-state index is -4.03. The number of anilines is 1. The summed E-state index contributed by atoms with van der Waals surface area (Å²) in [6.07, 6.45) is 3.18. The molecule has 1 heterocycles. The van der Waals surface area contributed by atoms with E-state index in [0.29, 0.717) is 9.99 Å². The Morgan fingerprint density at radius 2 is 1.78 bits per heavy atom. The number of amides is 2. The summed E-state index contributed by atoms with van der Waals surface area (Å²) in [4.78, 5) is 25.0. The first kappa shape index (κ1) is 19.1. The van der Waals surface area contributed by atoms with Gasteiger partial charge in [-0.2, -0.15) is 0 Å². The van der Waals surface area contributed by atoms with Crippen LogP contribution in [0.1, 0.15) is 42.6 Å². The van der Waals surface area contributed by atoms with E-state index >= 15 is 0 Å². The molecule has 2 aromatic rings. The van der Waals surface area contributed by atoms with Crippen LogP contribution in [0, 0.1) is 0 Å². The van der Waals surface area contributed by atoms with Crippen LogP contribution in [0.15, 0.2) is 53.4 Å². The third kappa shape index (κ3) is 3.60. The largest absolute Gasteiger partial charge is 0.324 e. The van der Waals surface area contributed by atoms with Crippen LogP contribution in [-0.2, 0) is 21.2 Å². The lowest BCUT2D eigenvalue weighted by Gasteiger charge is -2.22. The summed E-state index contributed by atoms with van der Waals surface area (Å²) in [6, 6.07) is 12.3. The van der Waals surface area contributed by atoms with Crippen molar-refractivity contribution < 1.29 is 18.0 Å². The first-order valence-corrected chi connectivity index (χ1v) is 10.4. The number of fused-ring (bicyclic) bond motifs is 1. The number of aryl methyl sites for hydroxylation is 1. The monoisotopic (exact) mass is 386 g/mol. The van der Waals surface area contributed by atoms with Crippen LogP contribution in [0.2, 0.25) is 0 Å². The van der Waals surface area contributed by atoms with E-state index in [-0.39, 0.29) is 10.5 Å². The van der Waals surface area contributed by atoms with E-state index in [9.17, 15) is 18.0 Å². The van der Waals surface area contributed by atoms with E-state index in [1.54, 1.807) is 24.3 Å². The molecular formula is C20H22N2O4S. The minimum Gasteiger partial charge on any atom is -0.324 e. The van der Waals surface area contributed by atoms with Crippen LogP contribution in [-0.4, -0.2) is 30.6 Å². The van der Waals surface area contributed by atoms with Crippen molar-refractivity contribution in [1.82, 2.24) is 4.31 Å². The van der Waals surface area contributed by atoms with Crippen molar-refractivity contribution in [2.24, 2.45) is 0 Å². The lowest BCUT2D eigenvalue weighted by molar-refractivity contribution is -0.118. The quantitative estimate of drug-likeness (QED) is 0.826. The SMILES string of the molecule is CCCCc1ccc(NC(=O)[C@H](C)N2C(=O)c3ccccc3S2(=O)=O)cc1. The molecule has 0 saturated carbocycles. The van der Waals surface area contributed by atoms with E-state index < -0.39 is 27.9 Å². The second-order valence-corrected chi connectivity index (χ2v) is 8.35. The summed E-state index contributed by atoms with van der Waals surface area (Å²) >= 11 is 0. The molecule has 1 N–H and O–H groups in total. The highest BCUT2D eigenvalue weighted by Gasteiger charge is 2.45. The molecule has 0 unspecified atom stereocenters. The molecule has 0 fully saturated rings. The fourth-order valence-corrected chi connectivity index (χ4v) is 4.80. The van der Waals surface area contributed by atoms with Gasteiger partial charge in [-0.05, 0) is 49.6 Å². The Morgan fingerprint density at radius 3 is 2.41 bits per heavy atom. The van der Waals surface area contributed by atoms with Crippen molar-refractivity contribution in [2.75, 3.05) is 5.32 Å². The smallest absolute Gasteiger partial charge is 0.269 e. The molecule has 0 saturated heterocycles. The normalized spacial score (nSPS) is 16.1. The van der Waals surface area contributed by atoms with E-state index in [4.69, 9.17) is 0 Å². The molecule has 142 valence electrons. The van der Waals surface area contributed by atoms with Crippen LogP contribution >= 0.6 is 0 Å². The highest BCUT2D eigenvalue weighted by atomic mass is 32.2. The van der Waals surface area contributed by atoms with Gasteiger partial charge in [-0.3, -0.25) is 9.59 Å². The molecule has 0 aromatic heterocycles. The number of carbonyl (C=O) groups excluding carboxylic acids is 2. The number of benzene rings is 2. The van der Waals surface area contributed by atoms with Gasteiger partial charge in [-0.15, -0.1) is 0 Å². The first-order chi connectivity index (χ1) is 12.9. The zero-order chi connectivity index (χ0) is 19.6. The van der Waals surface area contributed by atoms with Gasteiger partial charge < -0.3 is 5.32 Å². The Labute approximate surface area is 159 Å². The molecule has 0 bridgehead atoms. The average Bonchev–Trinajstić information content (AvgIpc) is 2.87. The molecule has 0 aliphatic carbocycles.